The van der Waals surface area contributed by atoms with E-state index in [9.17, 15) is 19.7 Å². The van der Waals surface area contributed by atoms with E-state index in [4.69, 9.17) is 16.0 Å². The maximum atomic E-state index is 12.9. The second kappa shape index (κ2) is 6.37. The minimum Gasteiger partial charge on any atom is -0.455 e. The molecule has 3 fully saturated rings. The summed E-state index contributed by atoms with van der Waals surface area (Å²) in [5.74, 6) is 0.992. The Morgan fingerprint density at radius 2 is 1.77 bits per heavy atom. The lowest BCUT2D eigenvalue weighted by Gasteiger charge is -2.37. The van der Waals surface area contributed by atoms with Crippen LogP contribution in [0.3, 0.4) is 0 Å². The van der Waals surface area contributed by atoms with Crippen molar-refractivity contribution < 1.29 is 18.9 Å². The van der Waals surface area contributed by atoms with Gasteiger partial charge in [0.15, 0.2) is 0 Å². The summed E-state index contributed by atoms with van der Waals surface area (Å²) in [6.45, 7) is 0. The maximum Gasteiger partial charge on any atom is 0.288 e. The molecule has 9 heteroatoms. The second-order valence-corrected chi connectivity index (χ2v) is 8.92. The summed E-state index contributed by atoms with van der Waals surface area (Å²) in [5, 5.41) is 16.3. The minimum absolute atomic E-state index is 0.0377. The Kier molecular flexibility index (Phi) is 3.80. The molecule has 0 unspecified atom stereocenters. The highest BCUT2D eigenvalue weighted by Gasteiger charge is 2.67. The van der Waals surface area contributed by atoms with Crippen molar-refractivity contribution in [3.8, 4) is 11.3 Å². The molecular weight excluding hydrogens is 422 g/mol. The number of nitro groups is 1. The Hall–Kier alpha value is -3.26. The first kappa shape index (κ1) is 18.5. The van der Waals surface area contributed by atoms with E-state index in [1.165, 1.54) is 18.3 Å². The van der Waals surface area contributed by atoms with Crippen LogP contribution in [0.1, 0.15) is 12.2 Å². The molecule has 8 nitrogen and oxygen atoms in total. The van der Waals surface area contributed by atoms with Gasteiger partial charge in [0.1, 0.15) is 16.5 Å². The fourth-order valence-corrected chi connectivity index (χ4v) is 5.74. The van der Waals surface area contributed by atoms with Gasteiger partial charge in [-0.15, -0.1) is 0 Å². The first-order valence-electron chi connectivity index (χ1n) is 10.1. The molecule has 2 amide bonds. The number of carbonyl (C=O) groups is 2. The first-order chi connectivity index (χ1) is 14.9. The van der Waals surface area contributed by atoms with E-state index in [0.717, 1.165) is 11.4 Å². The van der Waals surface area contributed by atoms with Crippen LogP contribution in [0, 0.1) is 45.6 Å². The normalized spacial score (nSPS) is 32.6. The molecule has 1 aromatic heterocycles. The molecule has 6 atom stereocenters. The molecule has 5 aliphatic rings. The number of rotatable bonds is 4. The molecule has 4 aliphatic carbocycles. The van der Waals surface area contributed by atoms with Gasteiger partial charge in [-0.3, -0.25) is 19.7 Å². The third-order valence-corrected chi connectivity index (χ3v) is 7.31. The fourth-order valence-electron chi connectivity index (χ4n) is 5.55. The van der Waals surface area contributed by atoms with Gasteiger partial charge in [0, 0.05) is 11.6 Å². The van der Waals surface area contributed by atoms with Gasteiger partial charge in [0.25, 0.3) is 17.5 Å². The largest absolute Gasteiger partial charge is 0.455 e. The number of halogens is 1. The monoisotopic (exact) mass is 437 g/mol. The van der Waals surface area contributed by atoms with Crippen LogP contribution >= 0.6 is 11.6 Å². The lowest BCUT2D eigenvalue weighted by molar-refractivity contribution is -0.384. The van der Waals surface area contributed by atoms with Gasteiger partial charge in [-0.2, -0.15) is 10.1 Å². The summed E-state index contributed by atoms with van der Waals surface area (Å²) in [5.41, 5.74) is 0.264. The van der Waals surface area contributed by atoms with Gasteiger partial charge >= 0.3 is 0 Å². The van der Waals surface area contributed by atoms with E-state index in [0.29, 0.717) is 28.9 Å². The van der Waals surface area contributed by atoms with Crippen molar-refractivity contribution in [3.05, 3.63) is 63.4 Å². The standard InChI is InChI=1S/C22H16ClN3O5/c23-16-5-1-10(7-17(16)26(29)30)18-6-2-11(31-18)9-24-25-21(27)19-12-3-4-13(15-8-14(12)15)20(19)22(25)28/h1-7,9,12-15,19-20H,8H2/t12-,13-,14-,15+,19+,20+/m0/s1. The van der Waals surface area contributed by atoms with E-state index < -0.39 is 4.92 Å². The fraction of sp³-hybridized carbons (Fsp3) is 0.318. The molecule has 0 N–H and O–H groups in total. The highest BCUT2D eigenvalue weighted by Crippen LogP contribution is 2.65. The number of furan rings is 1. The van der Waals surface area contributed by atoms with Crippen LogP contribution in [0.15, 0.2) is 52.0 Å². The zero-order valence-corrected chi connectivity index (χ0v) is 16.8. The lowest BCUT2D eigenvalue weighted by Crippen LogP contribution is -2.40. The van der Waals surface area contributed by atoms with Gasteiger partial charge in [-0.1, -0.05) is 23.8 Å². The van der Waals surface area contributed by atoms with Gasteiger partial charge in [-0.25, -0.2) is 0 Å². The van der Waals surface area contributed by atoms with E-state index in [1.54, 1.807) is 18.2 Å². The van der Waals surface area contributed by atoms with Crippen molar-refractivity contribution in [2.24, 2.45) is 40.6 Å². The van der Waals surface area contributed by atoms with Gasteiger partial charge in [0.05, 0.1) is 23.0 Å². The molecule has 31 heavy (non-hydrogen) atoms. The van der Waals surface area contributed by atoms with Crippen molar-refractivity contribution in [2.75, 3.05) is 0 Å². The molecule has 156 valence electrons. The molecule has 1 aromatic carbocycles. The Bertz CT molecular complexity index is 1180. The van der Waals surface area contributed by atoms with Crippen molar-refractivity contribution in [3.63, 3.8) is 0 Å². The predicted molar refractivity (Wildman–Crippen MR) is 110 cm³/mol. The summed E-state index contributed by atoms with van der Waals surface area (Å²) in [6, 6.07) is 7.63. The Morgan fingerprint density at radius 3 is 2.42 bits per heavy atom. The smallest absolute Gasteiger partial charge is 0.288 e. The second-order valence-electron chi connectivity index (χ2n) is 8.51. The molecule has 0 radical (unpaired) electrons. The number of hydrazone groups is 1. The first-order valence-corrected chi connectivity index (χ1v) is 10.5. The molecule has 0 spiro atoms. The summed E-state index contributed by atoms with van der Waals surface area (Å²) in [4.78, 5) is 36.4. The quantitative estimate of drug-likeness (QED) is 0.237. The number of nitrogens with zero attached hydrogens (tertiary/aromatic N) is 3. The van der Waals surface area contributed by atoms with Gasteiger partial charge < -0.3 is 4.42 Å². The topological polar surface area (TPSA) is 106 Å². The number of carbonyl (C=O) groups excluding carboxylic acids is 2. The molecule has 2 bridgehead atoms. The van der Waals surface area contributed by atoms with Crippen molar-refractivity contribution in [2.45, 2.75) is 6.42 Å². The van der Waals surface area contributed by atoms with E-state index >= 15 is 0 Å². The Labute approximate surface area is 181 Å². The molecule has 2 aromatic rings. The van der Waals surface area contributed by atoms with E-state index in [1.807, 2.05) is 0 Å². The third-order valence-electron chi connectivity index (χ3n) is 6.99. The van der Waals surface area contributed by atoms with Gasteiger partial charge in [-0.05, 0) is 54.4 Å². The Morgan fingerprint density at radius 1 is 1.10 bits per heavy atom. The molecule has 7 rings (SSSR count). The van der Waals surface area contributed by atoms with Crippen LogP contribution in [0.2, 0.25) is 5.02 Å². The molecule has 1 saturated heterocycles. The number of hydrogen-bond acceptors (Lipinski definition) is 6. The molecule has 2 heterocycles. The summed E-state index contributed by atoms with van der Waals surface area (Å²) < 4.78 is 5.70. The van der Waals surface area contributed by atoms with Crippen LogP contribution in [0.25, 0.3) is 11.3 Å². The zero-order valence-electron chi connectivity index (χ0n) is 16.1. The highest BCUT2D eigenvalue weighted by molar-refractivity contribution is 6.32. The lowest BCUT2D eigenvalue weighted by atomic mass is 9.63. The van der Waals surface area contributed by atoms with Crippen LogP contribution in [0.5, 0.6) is 0 Å². The van der Waals surface area contributed by atoms with Gasteiger partial charge in [0.2, 0.25) is 0 Å². The molecular formula is C22H16ClN3O5. The summed E-state index contributed by atoms with van der Waals surface area (Å²) in [7, 11) is 0. The summed E-state index contributed by atoms with van der Waals surface area (Å²) >= 11 is 5.85. The van der Waals surface area contributed by atoms with Crippen molar-refractivity contribution in [1.29, 1.82) is 0 Å². The highest BCUT2D eigenvalue weighted by atomic mass is 35.5. The number of amides is 2. The van der Waals surface area contributed by atoms with Crippen LogP contribution < -0.4 is 0 Å². The summed E-state index contributed by atoms with van der Waals surface area (Å²) in [6.07, 6.45) is 6.67. The number of benzene rings is 1. The average molecular weight is 438 g/mol. The zero-order chi connectivity index (χ0) is 21.4. The van der Waals surface area contributed by atoms with Crippen LogP contribution in [-0.2, 0) is 9.59 Å². The number of nitro benzene ring substituents is 1. The van der Waals surface area contributed by atoms with E-state index in [-0.39, 0.29) is 46.2 Å². The predicted octanol–water partition coefficient (Wildman–Crippen LogP) is 3.90. The van der Waals surface area contributed by atoms with Crippen LogP contribution in [-0.4, -0.2) is 28.0 Å². The van der Waals surface area contributed by atoms with Crippen molar-refractivity contribution in [1.82, 2.24) is 5.01 Å². The minimum atomic E-state index is -0.562. The molecule has 1 aliphatic heterocycles. The average Bonchev–Trinajstić information content (AvgIpc) is 3.39. The van der Waals surface area contributed by atoms with Crippen molar-refractivity contribution >= 4 is 35.3 Å². The number of hydrogen-bond donors (Lipinski definition) is 0. The SMILES string of the molecule is O=C1[C@@H]2[C@H]3C=C[C@@H]([C@@H]4C[C@H]34)[C@H]2C(=O)N1N=Cc1ccc(-c2ccc(Cl)c([N+](=O)[O-])c2)o1. The van der Waals surface area contributed by atoms with Crippen LogP contribution in [0.4, 0.5) is 5.69 Å². The number of imide groups is 1. The third kappa shape index (κ3) is 2.64. The molecule has 2 saturated carbocycles. The Balaban J connectivity index is 1.24. The number of allylic oxidation sites excluding steroid dienone is 2. The maximum absolute atomic E-state index is 12.9. The van der Waals surface area contributed by atoms with E-state index in [2.05, 4.69) is 17.3 Å².